The van der Waals surface area contributed by atoms with Gasteiger partial charge in [0.1, 0.15) is 0 Å². The van der Waals surface area contributed by atoms with Gasteiger partial charge in [0.2, 0.25) is 10.0 Å². The lowest BCUT2D eigenvalue weighted by atomic mass is 9.74. The number of halogens is 2. The molecule has 20 heavy (non-hydrogen) atoms. The minimum Gasteiger partial charge on any atom is -0.208 e. The summed E-state index contributed by atoms with van der Waals surface area (Å²) in [6.45, 7) is 4.27. The Labute approximate surface area is 137 Å². The average molecular weight is 425 g/mol. The molecule has 1 aliphatic rings. The first-order valence-electron chi connectivity index (χ1n) is 6.70. The lowest BCUT2D eigenvalue weighted by molar-refractivity contribution is 0.188. The zero-order chi connectivity index (χ0) is 15.0. The van der Waals surface area contributed by atoms with Crippen molar-refractivity contribution in [3.8, 4) is 0 Å². The maximum absolute atomic E-state index is 12.6. The average Bonchev–Trinajstić information content (AvgIpc) is 2.34. The van der Waals surface area contributed by atoms with E-state index in [0.29, 0.717) is 4.47 Å². The third kappa shape index (κ3) is 3.64. The Balaban J connectivity index is 2.29. The highest BCUT2D eigenvalue weighted by Gasteiger charge is 2.35. The monoisotopic (exact) mass is 423 g/mol. The van der Waals surface area contributed by atoms with Crippen molar-refractivity contribution in [2.45, 2.75) is 50.5 Å². The van der Waals surface area contributed by atoms with Gasteiger partial charge in [-0.1, -0.05) is 42.6 Å². The van der Waals surface area contributed by atoms with Gasteiger partial charge in [0.15, 0.2) is 0 Å². The Morgan fingerprint density at radius 3 is 2.60 bits per heavy atom. The molecule has 112 valence electrons. The van der Waals surface area contributed by atoms with Crippen LogP contribution in [0.1, 0.15) is 39.5 Å². The van der Waals surface area contributed by atoms with E-state index in [9.17, 15) is 8.42 Å². The van der Waals surface area contributed by atoms with Gasteiger partial charge in [-0.3, -0.25) is 0 Å². The molecule has 1 N–H and O–H groups in total. The van der Waals surface area contributed by atoms with E-state index in [1.165, 1.54) is 6.42 Å². The molecular weight excluding hydrogens is 406 g/mol. The summed E-state index contributed by atoms with van der Waals surface area (Å²) in [4.78, 5) is 0.285. The number of nitrogens with one attached hydrogen (secondary N) is 1. The topological polar surface area (TPSA) is 46.2 Å². The molecule has 0 radical (unpaired) electrons. The van der Waals surface area contributed by atoms with Gasteiger partial charge in [0.05, 0.1) is 4.90 Å². The fourth-order valence-corrected chi connectivity index (χ4v) is 5.59. The van der Waals surface area contributed by atoms with Crippen molar-refractivity contribution in [1.82, 2.24) is 4.72 Å². The van der Waals surface area contributed by atoms with Gasteiger partial charge in [0.25, 0.3) is 0 Å². The van der Waals surface area contributed by atoms with Gasteiger partial charge in [-0.25, -0.2) is 13.1 Å². The second-order valence-electron chi connectivity index (χ2n) is 5.98. The van der Waals surface area contributed by atoms with Crippen LogP contribution in [0.2, 0.25) is 0 Å². The molecule has 0 spiro atoms. The minimum absolute atomic E-state index is 0.00378. The number of sulfonamides is 1. The van der Waals surface area contributed by atoms with Gasteiger partial charge >= 0.3 is 0 Å². The van der Waals surface area contributed by atoms with E-state index >= 15 is 0 Å². The Bertz CT molecular complexity index is 599. The van der Waals surface area contributed by atoms with Crippen LogP contribution in [-0.4, -0.2) is 14.5 Å². The summed E-state index contributed by atoms with van der Waals surface area (Å²) >= 11 is 6.64. The van der Waals surface area contributed by atoms with Crippen molar-refractivity contribution >= 4 is 41.9 Å². The van der Waals surface area contributed by atoms with Crippen molar-refractivity contribution in [3.63, 3.8) is 0 Å². The molecule has 1 atom stereocenters. The fraction of sp³-hybridized carbons (Fsp3) is 0.571. The number of rotatable bonds is 3. The van der Waals surface area contributed by atoms with Crippen LogP contribution in [0.25, 0.3) is 0 Å². The van der Waals surface area contributed by atoms with Crippen molar-refractivity contribution < 1.29 is 8.42 Å². The summed E-state index contributed by atoms with van der Waals surface area (Å²) in [5.74, 6) is 0. The maximum atomic E-state index is 12.6. The van der Waals surface area contributed by atoms with Crippen molar-refractivity contribution in [2.24, 2.45) is 5.41 Å². The summed E-state index contributed by atoms with van der Waals surface area (Å²) in [7, 11) is -3.51. The van der Waals surface area contributed by atoms with Crippen molar-refractivity contribution in [1.29, 1.82) is 0 Å². The molecule has 0 aromatic heterocycles. The molecule has 6 heteroatoms. The largest absolute Gasteiger partial charge is 0.241 e. The van der Waals surface area contributed by atoms with E-state index in [1.807, 2.05) is 6.07 Å². The van der Waals surface area contributed by atoms with Gasteiger partial charge in [-0.05, 0) is 52.4 Å². The van der Waals surface area contributed by atoms with Gasteiger partial charge in [0, 0.05) is 15.0 Å². The molecule has 3 nitrogen and oxygen atoms in total. The summed E-state index contributed by atoms with van der Waals surface area (Å²) < 4.78 is 29.4. The molecule has 0 saturated heterocycles. The van der Waals surface area contributed by atoms with Crippen LogP contribution in [0.4, 0.5) is 0 Å². The predicted octanol–water partition coefficient (Wildman–Crippen LogP) is 4.46. The molecule has 1 fully saturated rings. The van der Waals surface area contributed by atoms with Crippen LogP contribution < -0.4 is 4.72 Å². The summed E-state index contributed by atoms with van der Waals surface area (Å²) in [6.07, 6.45) is 4.21. The zero-order valence-electron chi connectivity index (χ0n) is 11.6. The maximum Gasteiger partial charge on any atom is 0.241 e. The Morgan fingerprint density at radius 2 is 1.95 bits per heavy atom. The molecule has 1 saturated carbocycles. The van der Waals surface area contributed by atoms with Gasteiger partial charge < -0.3 is 0 Å². The Morgan fingerprint density at radius 1 is 1.25 bits per heavy atom. The predicted molar refractivity (Wildman–Crippen MR) is 88.2 cm³/mol. The molecular formula is C14H19Br2NO2S. The highest BCUT2D eigenvalue weighted by atomic mass is 79.9. The van der Waals surface area contributed by atoms with Crippen molar-refractivity contribution in [3.05, 3.63) is 27.1 Å². The first-order valence-corrected chi connectivity index (χ1v) is 9.77. The van der Waals surface area contributed by atoms with E-state index < -0.39 is 10.0 Å². The first-order chi connectivity index (χ1) is 9.22. The summed E-state index contributed by atoms with van der Waals surface area (Å²) in [5.41, 5.74) is 0.00378. The lowest BCUT2D eigenvalue weighted by Gasteiger charge is -2.38. The van der Waals surface area contributed by atoms with Crippen LogP contribution >= 0.6 is 31.9 Å². The van der Waals surface area contributed by atoms with Crippen LogP contribution in [0.5, 0.6) is 0 Å². The van der Waals surface area contributed by atoms with E-state index in [0.717, 1.165) is 23.7 Å². The normalized spacial score (nSPS) is 22.7. The van der Waals surface area contributed by atoms with Crippen LogP contribution in [0, 0.1) is 5.41 Å². The van der Waals surface area contributed by atoms with E-state index in [4.69, 9.17) is 0 Å². The highest BCUT2D eigenvalue weighted by Crippen LogP contribution is 2.36. The molecule has 0 bridgehead atoms. The first kappa shape index (κ1) is 16.5. The summed E-state index contributed by atoms with van der Waals surface area (Å²) in [6, 6.07) is 5.17. The van der Waals surface area contributed by atoms with E-state index in [-0.39, 0.29) is 16.4 Å². The second kappa shape index (κ2) is 6.07. The van der Waals surface area contributed by atoms with Crippen LogP contribution in [0.15, 0.2) is 32.0 Å². The number of hydrogen-bond acceptors (Lipinski definition) is 2. The molecule has 1 aromatic carbocycles. The molecule has 1 unspecified atom stereocenters. The third-order valence-corrected chi connectivity index (χ3v) is 6.95. The molecule has 0 aliphatic heterocycles. The fourth-order valence-electron chi connectivity index (χ4n) is 2.65. The zero-order valence-corrected chi connectivity index (χ0v) is 15.6. The third-order valence-electron chi connectivity index (χ3n) is 3.99. The van der Waals surface area contributed by atoms with Gasteiger partial charge in [-0.2, -0.15) is 0 Å². The smallest absolute Gasteiger partial charge is 0.208 e. The van der Waals surface area contributed by atoms with E-state index in [1.54, 1.807) is 12.1 Å². The molecule has 2 rings (SSSR count). The molecule has 1 aromatic rings. The quantitative estimate of drug-likeness (QED) is 0.778. The minimum atomic E-state index is -3.51. The second-order valence-corrected chi connectivity index (χ2v) is 9.44. The molecule has 1 aliphatic carbocycles. The Hall–Kier alpha value is 0.0900. The number of benzene rings is 1. The van der Waals surface area contributed by atoms with Crippen LogP contribution in [-0.2, 0) is 10.0 Å². The lowest BCUT2D eigenvalue weighted by Crippen LogP contribution is -2.46. The Kier molecular flexibility index (Phi) is 4.99. The van der Waals surface area contributed by atoms with E-state index in [2.05, 4.69) is 50.4 Å². The van der Waals surface area contributed by atoms with Crippen LogP contribution in [0.3, 0.4) is 0 Å². The highest BCUT2D eigenvalue weighted by molar-refractivity contribution is 9.11. The molecule has 0 amide bonds. The van der Waals surface area contributed by atoms with Gasteiger partial charge in [-0.15, -0.1) is 0 Å². The summed E-state index contributed by atoms with van der Waals surface area (Å²) in [5, 5.41) is 0. The standard InChI is InChI=1S/C14H19Br2NO2S/c1-14(2)8-4-3-5-13(14)17-20(18,19)12-9-10(15)6-7-11(12)16/h6-7,9,13,17H,3-5,8H2,1-2H3. The van der Waals surface area contributed by atoms with Crippen molar-refractivity contribution in [2.75, 3.05) is 0 Å². The number of hydrogen-bond donors (Lipinski definition) is 1. The molecule has 0 heterocycles. The SMILES string of the molecule is CC1(C)CCCCC1NS(=O)(=O)c1cc(Br)ccc1Br.